The van der Waals surface area contributed by atoms with Gasteiger partial charge in [0.2, 0.25) is 11.8 Å². The summed E-state index contributed by atoms with van der Waals surface area (Å²) < 4.78 is 1.54. The number of nitrogens with two attached hydrogens (primary N) is 1. The topological polar surface area (TPSA) is 102 Å². The van der Waals surface area contributed by atoms with Crippen molar-refractivity contribution in [1.82, 2.24) is 15.1 Å². The molecule has 0 aliphatic heterocycles. The van der Waals surface area contributed by atoms with Gasteiger partial charge in [0.05, 0.1) is 17.8 Å². The normalized spacial score (nSPS) is 27.5. The van der Waals surface area contributed by atoms with Crippen LogP contribution < -0.4 is 16.4 Å². The zero-order valence-electron chi connectivity index (χ0n) is 13.5. The Labute approximate surface area is 136 Å². The molecule has 0 aromatic carbocycles. The summed E-state index contributed by atoms with van der Waals surface area (Å²) in [5.41, 5.74) is 6.42. The van der Waals surface area contributed by atoms with Gasteiger partial charge in [0.1, 0.15) is 6.54 Å². The molecule has 0 spiro atoms. The standard InChI is InChI=1S/C16H25N5O2/c1-16(17)7-3-2-4-13(16)15(23)20-12-8-18-21(9-12)10-14(22)19-11-5-6-11/h8-9,11,13H,2-7,10,17H2,1H3,(H,19,22)(H,20,23). The summed E-state index contributed by atoms with van der Waals surface area (Å²) in [6.07, 6.45) is 9.16. The summed E-state index contributed by atoms with van der Waals surface area (Å²) in [6.45, 7) is 2.12. The molecule has 0 saturated heterocycles. The number of hydrogen-bond acceptors (Lipinski definition) is 4. The molecule has 1 aromatic heterocycles. The molecule has 4 N–H and O–H groups in total. The Hall–Kier alpha value is -1.89. The minimum absolute atomic E-state index is 0.0460. The lowest BCUT2D eigenvalue weighted by atomic mass is 9.74. The third-order valence-electron chi connectivity index (χ3n) is 4.72. The zero-order chi connectivity index (χ0) is 16.4. The van der Waals surface area contributed by atoms with E-state index in [2.05, 4.69) is 15.7 Å². The molecule has 0 bridgehead atoms. The van der Waals surface area contributed by atoms with Crippen molar-refractivity contribution in [3.63, 3.8) is 0 Å². The van der Waals surface area contributed by atoms with Gasteiger partial charge in [0.15, 0.2) is 0 Å². The van der Waals surface area contributed by atoms with Gasteiger partial charge in [-0.15, -0.1) is 0 Å². The monoisotopic (exact) mass is 319 g/mol. The first-order chi connectivity index (χ1) is 10.9. The summed E-state index contributed by atoms with van der Waals surface area (Å²) in [6, 6.07) is 0.339. The molecule has 23 heavy (non-hydrogen) atoms. The first kappa shape index (κ1) is 16.0. The van der Waals surface area contributed by atoms with Crippen molar-refractivity contribution in [3.05, 3.63) is 12.4 Å². The van der Waals surface area contributed by atoms with Crippen LogP contribution in [-0.4, -0.2) is 33.2 Å². The number of nitrogens with one attached hydrogen (secondary N) is 2. The van der Waals surface area contributed by atoms with Gasteiger partial charge in [0.25, 0.3) is 0 Å². The number of anilines is 1. The fourth-order valence-corrected chi connectivity index (χ4v) is 3.18. The smallest absolute Gasteiger partial charge is 0.241 e. The van der Waals surface area contributed by atoms with Gasteiger partial charge >= 0.3 is 0 Å². The van der Waals surface area contributed by atoms with Crippen LogP contribution in [0.15, 0.2) is 12.4 Å². The first-order valence-electron chi connectivity index (χ1n) is 8.35. The second-order valence-electron chi connectivity index (χ2n) is 7.06. The van der Waals surface area contributed by atoms with E-state index in [1.165, 1.54) is 4.68 Å². The highest BCUT2D eigenvalue weighted by Gasteiger charge is 2.37. The SMILES string of the molecule is CC1(N)CCCCC1C(=O)Nc1cnn(CC(=O)NC2CC2)c1. The van der Waals surface area contributed by atoms with Gasteiger partial charge in [0, 0.05) is 17.8 Å². The molecule has 2 saturated carbocycles. The molecule has 1 heterocycles. The van der Waals surface area contributed by atoms with Crippen LogP contribution in [0.5, 0.6) is 0 Å². The Morgan fingerprint density at radius 3 is 2.87 bits per heavy atom. The van der Waals surface area contributed by atoms with Crippen LogP contribution in [0.2, 0.25) is 0 Å². The van der Waals surface area contributed by atoms with Crippen molar-refractivity contribution in [2.75, 3.05) is 5.32 Å². The summed E-state index contributed by atoms with van der Waals surface area (Å²) in [4.78, 5) is 24.2. The van der Waals surface area contributed by atoms with E-state index >= 15 is 0 Å². The van der Waals surface area contributed by atoms with Gasteiger partial charge in [-0.25, -0.2) is 0 Å². The Balaban J connectivity index is 1.55. The zero-order valence-corrected chi connectivity index (χ0v) is 13.5. The Morgan fingerprint density at radius 2 is 2.17 bits per heavy atom. The van der Waals surface area contributed by atoms with Crippen molar-refractivity contribution >= 4 is 17.5 Å². The number of hydrogen-bond donors (Lipinski definition) is 3. The Morgan fingerprint density at radius 1 is 1.39 bits per heavy atom. The fraction of sp³-hybridized carbons (Fsp3) is 0.688. The minimum Gasteiger partial charge on any atom is -0.352 e. The molecule has 2 amide bonds. The molecule has 0 radical (unpaired) electrons. The third-order valence-corrected chi connectivity index (χ3v) is 4.72. The highest BCUT2D eigenvalue weighted by molar-refractivity contribution is 5.93. The van der Waals surface area contributed by atoms with E-state index < -0.39 is 5.54 Å². The lowest BCUT2D eigenvalue weighted by Crippen LogP contribution is -2.51. The van der Waals surface area contributed by atoms with Gasteiger partial charge < -0.3 is 16.4 Å². The molecule has 7 heteroatoms. The second-order valence-corrected chi connectivity index (χ2v) is 7.06. The average molecular weight is 319 g/mol. The van der Waals surface area contributed by atoms with Crippen molar-refractivity contribution in [2.24, 2.45) is 11.7 Å². The third kappa shape index (κ3) is 4.10. The van der Waals surface area contributed by atoms with E-state index in [4.69, 9.17) is 5.73 Å². The van der Waals surface area contributed by atoms with Crippen LogP contribution in [0, 0.1) is 5.92 Å². The predicted molar refractivity (Wildman–Crippen MR) is 86.6 cm³/mol. The number of aromatic nitrogens is 2. The van der Waals surface area contributed by atoms with Crippen molar-refractivity contribution in [2.45, 2.75) is 63.6 Å². The molecule has 7 nitrogen and oxygen atoms in total. The fourth-order valence-electron chi connectivity index (χ4n) is 3.18. The first-order valence-corrected chi connectivity index (χ1v) is 8.35. The number of nitrogens with zero attached hydrogens (tertiary/aromatic N) is 2. The van der Waals surface area contributed by atoms with Crippen LogP contribution >= 0.6 is 0 Å². The molecule has 2 aliphatic carbocycles. The highest BCUT2D eigenvalue weighted by Crippen LogP contribution is 2.32. The number of carbonyl (C=O) groups is 2. The molecular weight excluding hydrogens is 294 g/mol. The molecule has 2 fully saturated rings. The average Bonchev–Trinajstić information content (AvgIpc) is 3.17. The van der Waals surface area contributed by atoms with Crippen LogP contribution in [0.3, 0.4) is 0 Å². The van der Waals surface area contributed by atoms with Crippen molar-refractivity contribution in [3.8, 4) is 0 Å². The quantitative estimate of drug-likeness (QED) is 0.753. The molecular formula is C16H25N5O2. The van der Waals surface area contributed by atoms with E-state index in [1.54, 1.807) is 12.4 Å². The molecule has 2 unspecified atom stereocenters. The Kier molecular flexibility index (Phi) is 4.39. The molecule has 2 atom stereocenters. The number of rotatable bonds is 5. The minimum atomic E-state index is -0.456. The lowest BCUT2D eigenvalue weighted by Gasteiger charge is -2.37. The maximum Gasteiger partial charge on any atom is 0.241 e. The highest BCUT2D eigenvalue weighted by atomic mass is 16.2. The Bertz CT molecular complexity index is 591. The van der Waals surface area contributed by atoms with Crippen LogP contribution in [0.4, 0.5) is 5.69 Å². The van der Waals surface area contributed by atoms with Crippen LogP contribution in [0.1, 0.15) is 45.4 Å². The van der Waals surface area contributed by atoms with Gasteiger partial charge in [-0.3, -0.25) is 14.3 Å². The van der Waals surface area contributed by atoms with E-state index in [-0.39, 0.29) is 24.3 Å². The molecule has 3 rings (SSSR count). The number of amides is 2. The van der Waals surface area contributed by atoms with Crippen LogP contribution in [-0.2, 0) is 16.1 Å². The van der Waals surface area contributed by atoms with E-state index in [0.717, 1.165) is 38.5 Å². The van der Waals surface area contributed by atoms with E-state index in [1.807, 2.05) is 6.92 Å². The molecule has 126 valence electrons. The van der Waals surface area contributed by atoms with E-state index in [0.29, 0.717) is 11.7 Å². The van der Waals surface area contributed by atoms with Crippen molar-refractivity contribution < 1.29 is 9.59 Å². The molecule has 1 aromatic rings. The van der Waals surface area contributed by atoms with E-state index in [9.17, 15) is 9.59 Å². The van der Waals surface area contributed by atoms with Crippen LogP contribution in [0.25, 0.3) is 0 Å². The van der Waals surface area contributed by atoms with Gasteiger partial charge in [-0.05, 0) is 32.6 Å². The number of carbonyl (C=O) groups excluding carboxylic acids is 2. The predicted octanol–water partition coefficient (Wildman–Crippen LogP) is 1.01. The lowest BCUT2D eigenvalue weighted by molar-refractivity contribution is -0.123. The summed E-state index contributed by atoms with van der Waals surface area (Å²) >= 11 is 0. The van der Waals surface area contributed by atoms with Gasteiger partial charge in [-0.2, -0.15) is 5.10 Å². The van der Waals surface area contributed by atoms with Gasteiger partial charge in [-0.1, -0.05) is 12.8 Å². The summed E-state index contributed by atoms with van der Waals surface area (Å²) in [7, 11) is 0. The largest absolute Gasteiger partial charge is 0.352 e. The maximum absolute atomic E-state index is 12.5. The van der Waals surface area contributed by atoms with Crippen molar-refractivity contribution in [1.29, 1.82) is 0 Å². The summed E-state index contributed by atoms with van der Waals surface area (Å²) in [5, 5.41) is 9.92. The maximum atomic E-state index is 12.5. The second kappa shape index (κ2) is 6.31. The summed E-state index contributed by atoms with van der Waals surface area (Å²) in [5.74, 6) is -0.287. The molecule has 2 aliphatic rings.